The monoisotopic (exact) mass is 464 g/mol. The third-order valence-corrected chi connectivity index (χ3v) is 6.15. The van der Waals surface area contributed by atoms with Gasteiger partial charge in [-0.15, -0.1) is 0 Å². The van der Waals surface area contributed by atoms with Gasteiger partial charge in [0.05, 0.1) is 24.5 Å². The average molecular weight is 464 g/mol. The van der Waals surface area contributed by atoms with E-state index >= 15 is 0 Å². The van der Waals surface area contributed by atoms with Gasteiger partial charge >= 0.3 is 5.97 Å². The van der Waals surface area contributed by atoms with Crippen molar-refractivity contribution in [2.45, 2.75) is 30.0 Å². The lowest BCUT2D eigenvalue weighted by Crippen LogP contribution is -2.43. The van der Waals surface area contributed by atoms with Crippen LogP contribution in [-0.4, -0.2) is 73.8 Å². The van der Waals surface area contributed by atoms with Crippen molar-refractivity contribution in [3.8, 4) is 17.6 Å². The summed E-state index contributed by atoms with van der Waals surface area (Å²) < 4.78 is 22.7. The van der Waals surface area contributed by atoms with Crippen LogP contribution < -0.4 is 15.4 Å². The molecule has 3 aliphatic rings. The molecule has 2 fully saturated rings. The van der Waals surface area contributed by atoms with E-state index in [0.29, 0.717) is 22.6 Å². The lowest BCUT2D eigenvalue weighted by atomic mass is 9.96. The van der Waals surface area contributed by atoms with Gasteiger partial charge in [0.1, 0.15) is 30.6 Å². The Morgan fingerprint density at radius 3 is 2.79 bits per heavy atom. The molecular formula is C25H24N2O7. The standard InChI is InChI=1S/C25H24N2O7/c1-27-18-11-15(7-8-19(18)31-12-17(26)23(27)28)9-10-25(30)14-33-21-20(13-32-22(21)25)34-24(29)16-5-3-2-4-6-16/h2-8,11,17,20-22,30H,12-14,26H2,1H3/t17-,20-,21+,22-,25+/m0/s1. The zero-order valence-corrected chi connectivity index (χ0v) is 18.5. The van der Waals surface area contributed by atoms with Crippen molar-refractivity contribution in [3.05, 3.63) is 59.7 Å². The van der Waals surface area contributed by atoms with Crippen molar-refractivity contribution in [1.29, 1.82) is 0 Å². The molecule has 2 aromatic rings. The molecule has 9 heteroatoms. The number of nitrogens with two attached hydrogens (primary N) is 1. The minimum atomic E-state index is -1.58. The summed E-state index contributed by atoms with van der Waals surface area (Å²) in [6.07, 6.45) is -2.04. The first-order valence-electron chi connectivity index (χ1n) is 10.9. The second kappa shape index (κ2) is 8.74. The minimum absolute atomic E-state index is 0.0873. The molecule has 5 atom stereocenters. The number of amides is 1. The van der Waals surface area contributed by atoms with E-state index in [1.54, 1.807) is 49.5 Å². The normalized spacial score (nSPS) is 29.9. The molecule has 2 aromatic carbocycles. The van der Waals surface area contributed by atoms with Crippen LogP contribution in [0.1, 0.15) is 15.9 Å². The Kier molecular flexibility index (Phi) is 5.75. The van der Waals surface area contributed by atoms with Crippen LogP contribution in [0.2, 0.25) is 0 Å². The number of carbonyl (C=O) groups is 2. The molecular weight excluding hydrogens is 440 g/mol. The molecule has 3 aliphatic heterocycles. The first kappa shape index (κ1) is 22.4. The maximum Gasteiger partial charge on any atom is 0.338 e. The van der Waals surface area contributed by atoms with Gasteiger partial charge in [0, 0.05) is 12.6 Å². The van der Waals surface area contributed by atoms with E-state index in [1.807, 2.05) is 6.07 Å². The number of ether oxygens (including phenoxy) is 4. The maximum atomic E-state index is 12.4. The lowest BCUT2D eigenvalue weighted by molar-refractivity contribution is -0.119. The molecule has 0 aromatic heterocycles. The Bertz CT molecular complexity index is 1170. The van der Waals surface area contributed by atoms with Crippen LogP contribution in [0.3, 0.4) is 0 Å². The van der Waals surface area contributed by atoms with E-state index in [-0.39, 0.29) is 25.7 Å². The summed E-state index contributed by atoms with van der Waals surface area (Å²) in [5.41, 5.74) is 5.79. The fraction of sp³-hybridized carbons (Fsp3) is 0.360. The first-order valence-corrected chi connectivity index (χ1v) is 10.9. The smallest absolute Gasteiger partial charge is 0.338 e. The van der Waals surface area contributed by atoms with Gasteiger partial charge in [0.25, 0.3) is 0 Å². The number of nitrogens with zero attached hydrogens (tertiary/aromatic N) is 1. The van der Waals surface area contributed by atoms with E-state index in [9.17, 15) is 14.7 Å². The molecule has 5 rings (SSSR count). The average Bonchev–Trinajstić information content (AvgIpc) is 3.39. The van der Waals surface area contributed by atoms with Crippen molar-refractivity contribution in [3.63, 3.8) is 0 Å². The number of hydrogen-bond acceptors (Lipinski definition) is 8. The van der Waals surface area contributed by atoms with Crippen molar-refractivity contribution < 1.29 is 33.6 Å². The molecule has 0 saturated carbocycles. The highest BCUT2D eigenvalue weighted by molar-refractivity contribution is 5.98. The van der Waals surface area contributed by atoms with Crippen LogP contribution in [-0.2, 0) is 19.0 Å². The molecule has 0 aliphatic carbocycles. The summed E-state index contributed by atoms with van der Waals surface area (Å²) in [6, 6.07) is 13.0. The third kappa shape index (κ3) is 4.02. The SMILES string of the molecule is CN1C(=O)[C@@H](N)COc2ccc(C#C[C@@]3(O)CO[C@@H]4[C@@H](OC(=O)c5ccccc5)CO[C@@H]43)cc21. The number of carbonyl (C=O) groups excluding carboxylic acids is 2. The highest BCUT2D eigenvalue weighted by Gasteiger charge is 2.57. The van der Waals surface area contributed by atoms with Gasteiger partial charge in [-0.2, -0.15) is 0 Å². The molecule has 3 N–H and O–H groups in total. The third-order valence-electron chi connectivity index (χ3n) is 6.15. The molecule has 0 spiro atoms. The largest absolute Gasteiger partial charge is 0.489 e. The summed E-state index contributed by atoms with van der Waals surface area (Å²) in [5.74, 6) is 5.59. The number of fused-ring (bicyclic) bond motifs is 2. The molecule has 9 nitrogen and oxygen atoms in total. The van der Waals surface area contributed by atoms with E-state index < -0.39 is 35.9 Å². The number of rotatable bonds is 2. The second-order valence-corrected chi connectivity index (χ2v) is 8.51. The zero-order chi connectivity index (χ0) is 23.9. The molecule has 0 bridgehead atoms. The molecule has 2 saturated heterocycles. The topological polar surface area (TPSA) is 121 Å². The summed E-state index contributed by atoms with van der Waals surface area (Å²) in [5, 5.41) is 11.1. The molecule has 0 unspecified atom stereocenters. The summed E-state index contributed by atoms with van der Waals surface area (Å²) in [7, 11) is 1.62. The Morgan fingerprint density at radius 2 is 2.00 bits per heavy atom. The Morgan fingerprint density at radius 1 is 1.21 bits per heavy atom. The van der Waals surface area contributed by atoms with E-state index in [0.717, 1.165) is 0 Å². The van der Waals surface area contributed by atoms with Gasteiger partial charge in [-0.25, -0.2) is 4.79 Å². The number of esters is 1. The van der Waals surface area contributed by atoms with Gasteiger partial charge in [-0.3, -0.25) is 4.79 Å². The molecule has 0 radical (unpaired) electrons. The van der Waals surface area contributed by atoms with E-state index in [1.165, 1.54) is 4.90 Å². The summed E-state index contributed by atoms with van der Waals surface area (Å²) in [6.45, 7) is 0.103. The van der Waals surface area contributed by atoms with Gasteiger partial charge in [-0.05, 0) is 30.3 Å². The second-order valence-electron chi connectivity index (χ2n) is 8.51. The van der Waals surface area contributed by atoms with Crippen LogP contribution >= 0.6 is 0 Å². The molecule has 176 valence electrons. The van der Waals surface area contributed by atoms with E-state index in [4.69, 9.17) is 24.7 Å². The molecule has 1 amide bonds. The summed E-state index contributed by atoms with van der Waals surface area (Å²) in [4.78, 5) is 26.2. The molecule has 34 heavy (non-hydrogen) atoms. The van der Waals surface area contributed by atoms with Crippen molar-refractivity contribution >= 4 is 17.6 Å². The highest BCUT2D eigenvalue weighted by Crippen LogP contribution is 2.36. The van der Waals surface area contributed by atoms with Gasteiger partial charge in [-0.1, -0.05) is 30.0 Å². The predicted octanol–water partition coefficient (Wildman–Crippen LogP) is 0.475. The zero-order valence-electron chi connectivity index (χ0n) is 18.5. The van der Waals surface area contributed by atoms with Gasteiger partial charge in [0.2, 0.25) is 5.91 Å². The van der Waals surface area contributed by atoms with Crippen molar-refractivity contribution in [2.24, 2.45) is 5.73 Å². The maximum absolute atomic E-state index is 12.4. The van der Waals surface area contributed by atoms with Gasteiger partial charge in [0.15, 0.2) is 11.7 Å². The van der Waals surface area contributed by atoms with Crippen molar-refractivity contribution in [1.82, 2.24) is 0 Å². The number of likely N-dealkylation sites (N-methyl/N-ethyl adjacent to an activating group) is 1. The Labute approximate surface area is 196 Å². The first-order chi connectivity index (χ1) is 16.4. The van der Waals surface area contributed by atoms with Gasteiger partial charge < -0.3 is 34.7 Å². The highest BCUT2D eigenvalue weighted by atomic mass is 16.6. The quantitative estimate of drug-likeness (QED) is 0.486. The molecule has 3 heterocycles. The fourth-order valence-corrected chi connectivity index (χ4v) is 4.26. The van der Waals surface area contributed by atoms with Crippen LogP contribution in [0, 0.1) is 11.8 Å². The Hall–Kier alpha value is -3.42. The van der Waals surface area contributed by atoms with Crippen LogP contribution in [0.4, 0.5) is 5.69 Å². The lowest BCUT2D eigenvalue weighted by Gasteiger charge is -2.20. The fourth-order valence-electron chi connectivity index (χ4n) is 4.26. The number of aliphatic hydroxyl groups is 1. The number of hydrogen-bond donors (Lipinski definition) is 2. The number of anilines is 1. The summed E-state index contributed by atoms with van der Waals surface area (Å²) >= 11 is 0. The van der Waals surface area contributed by atoms with Crippen LogP contribution in [0.25, 0.3) is 0 Å². The Balaban J connectivity index is 1.31. The predicted molar refractivity (Wildman–Crippen MR) is 120 cm³/mol. The minimum Gasteiger partial charge on any atom is -0.489 e. The number of benzene rings is 2. The van der Waals surface area contributed by atoms with Crippen LogP contribution in [0.15, 0.2) is 48.5 Å². The van der Waals surface area contributed by atoms with Crippen LogP contribution in [0.5, 0.6) is 5.75 Å². The van der Waals surface area contributed by atoms with E-state index in [2.05, 4.69) is 11.8 Å². The van der Waals surface area contributed by atoms with Crippen molar-refractivity contribution in [2.75, 3.05) is 31.8 Å².